The summed E-state index contributed by atoms with van der Waals surface area (Å²) in [6.45, 7) is 7.95. The molecule has 0 aliphatic carbocycles. The van der Waals surface area contributed by atoms with Gasteiger partial charge in [-0.25, -0.2) is 18.2 Å². The number of amides is 1. The fourth-order valence-corrected chi connectivity index (χ4v) is 3.40. The van der Waals surface area contributed by atoms with E-state index in [-0.39, 0.29) is 18.4 Å². The molecule has 2 heterocycles. The second-order valence-corrected chi connectivity index (χ2v) is 7.77. The molecule has 176 valence electrons. The number of pyridine rings is 1. The third-order valence-electron chi connectivity index (χ3n) is 5.15. The summed E-state index contributed by atoms with van der Waals surface area (Å²) >= 11 is 0. The number of alkyl halides is 2. The first kappa shape index (κ1) is 24.2. The molecule has 1 atom stereocenters. The maximum atomic E-state index is 14.2. The monoisotopic (exact) mass is 462 g/mol. The Hall–Kier alpha value is -3.43. The Labute approximate surface area is 189 Å². The van der Waals surface area contributed by atoms with E-state index in [4.69, 9.17) is 9.15 Å². The van der Waals surface area contributed by atoms with Crippen LogP contribution in [0.25, 0.3) is 11.5 Å². The van der Waals surface area contributed by atoms with Crippen LogP contribution >= 0.6 is 0 Å². The highest BCUT2D eigenvalue weighted by atomic mass is 19.3. The average Bonchev–Trinajstić information content (AvgIpc) is 3.18. The molecule has 0 unspecified atom stereocenters. The standard InChI is InChI=1S/C23H25F3N4O3/c1-6-30(14(3)12-32-20-18(24)10-16(11-27-20)23(5,25)26)22(31)17-9-7-8-13(2)19(17)21-29-28-15(4)33-21/h7-11,14H,6,12H2,1-5H3/t14-/m0/s1. The number of halogens is 3. The molecule has 0 spiro atoms. The van der Waals surface area contributed by atoms with Gasteiger partial charge in [-0.1, -0.05) is 12.1 Å². The molecule has 0 aliphatic heterocycles. The van der Waals surface area contributed by atoms with Crippen LogP contribution in [0.15, 0.2) is 34.9 Å². The minimum Gasteiger partial charge on any atom is -0.473 e. The number of likely N-dealkylation sites (N-methyl/N-ethyl adjacent to an activating group) is 1. The van der Waals surface area contributed by atoms with Crippen molar-refractivity contribution >= 4 is 5.91 Å². The lowest BCUT2D eigenvalue weighted by Gasteiger charge is -2.28. The number of aromatic nitrogens is 3. The molecule has 0 saturated heterocycles. The number of aryl methyl sites for hydroxylation is 2. The number of carbonyl (C=O) groups excluding carboxylic acids is 1. The van der Waals surface area contributed by atoms with E-state index in [1.165, 1.54) is 0 Å². The third kappa shape index (κ3) is 5.32. The smallest absolute Gasteiger partial charge is 0.272 e. The Morgan fingerprint density at radius 3 is 2.58 bits per heavy atom. The van der Waals surface area contributed by atoms with Gasteiger partial charge in [0.05, 0.1) is 17.2 Å². The predicted molar refractivity (Wildman–Crippen MR) is 115 cm³/mol. The molecule has 10 heteroatoms. The van der Waals surface area contributed by atoms with Gasteiger partial charge in [0.25, 0.3) is 11.8 Å². The van der Waals surface area contributed by atoms with E-state index in [2.05, 4.69) is 15.2 Å². The Morgan fingerprint density at radius 1 is 1.27 bits per heavy atom. The van der Waals surface area contributed by atoms with Gasteiger partial charge in [0.2, 0.25) is 17.7 Å². The summed E-state index contributed by atoms with van der Waals surface area (Å²) in [5.41, 5.74) is 1.17. The molecule has 0 radical (unpaired) electrons. The molecule has 0 fully saturated rings. The van der Waals surface area contributed by atoms with E-state index >= 15 is 0 Å². The quantitative estimate of drug-likeness (QED) is 0.472. The first-order valence-electron chi connectivity index (χ1n) is 10.4. The fraction of sp³-hybridized carbons (Fsp3) is 0.391. The molecule has 33 heavy (non-hydrogen) atoms. The Balaban J connectivity index is 1.80. The van der Waals surface area contributed by atoms with Crippen LogP contribution in [-0.2, 0) is 5.92 Å². The number of ether oxygens (including phenoxy) is 1. The van der Waals surface area contributed by atoms with Crippen LogP contribution in [0.4, 0.5) is 13.2 Å². The van der Waals surface area contributed by atoms with Gasteiger partial charge in [0, 0.05) is 32.2 Å². The van der Waals surface area contributed by atoms with E-state index in [0.717, 1.165) is 11.8 Å². The van der Waals surface area contributed by atoms with Crippen molar-refractivity contribution < 1.29 is 27.1 Å². The highest BCUT2D eigenvalue weighted by molar-refractivity contribution is 6.00. The van der Waals surface area contributed by atoms with Crippen molar-refractivity contribution in [3.63, 3.8) is 0 Å². The number of rotatable bonds is 8. The molecule has 0 aliphatic rings. The highest BCUT2D eigenvalue weighted by Crippen LogP contribution is 2.30. The second-order valence-electron chi connectivity index (χ2n) is 7.77. The summed E-state index contributed by atoms with van der Waals surface area (Å²) in [7, 11) is 0. The zero-order valence-electron chi connectivity index (χ0n) is 19.0. The molecule has 7 nitrogen and oxygen atoms in total. The Bertz CT molecular complexity index is 1140. The lowest BCUT2D eigenvalue weighted by molar-refractivity contribution is 0.0165. The summed E-state index contributed by atoms with van der Waals surface area (Å²) < 4.78 is 51.9. The van der Waals surface area contributed by atoms with Crippen LogP contribution in [0.1, 0.15) is 48.1 Å². The SMILES string of the molecule is CCN(C(=O)c1cccc(C)c1-c1nnc(C)o1)[C@@H](C)COc1ncc(C(C)(F)F)cc1F. The van der Waals surface area contributed by atoms with Gasteiger partial charge in [0.15, 0.2) is 5.82 Å². The zero-order chi connectivity index (χ0) is 24.3. The van der Waals surface area contributed by atoms with Gasteiger partial charge in [0.1, 0.15) is 6.61 Å². The highest BCUT2D eigenvalue weighted by Gasteiger charge is 2.28. The molecule has 1 amide bonds. The molecule has 1 aromatic carbocycles. The van der Waals surface area contributed by atoms with Gasteiger partial charge >= 0.3 is 0 Å². The summed E-state index contributed by atoms with van der Waals surface area (Å²) in [6.07, 6.45) is 0.872. The van der Waals surface area contributed by atoms with E-state index in [0.29, 0.717) is 36.6 Å². The van der Waals surface area contributed by atoms with Crippen LogP contribution < -0.4 is 4.74 Å². The summed E-state index contributed by atoms with van der Waals surface area (Å²) in [4.78, 5) is 18.6. The van der Waals surface area contributed by atoms with Crippen molar-refractivity contribution in [1.29, 1.82) is 0 Å². The molecule has 2 aromatic heterocycles. The molecular weight excluding hydrogens is 437 g/mol. The van der Waals surface area contributed by atoms with E-state index in [1.807, 2.05) is 13.0 Å². The topological polar surface area (TPSA) is 81.4 Å². The number of carbonyl (C=O) groups is 1. The van der Waals surface area contributed by atoms with Crippen LogP contribution in [0, 0.1) is 19.7 Å². The summed E-state index contributed by atoms with van der Waals surface area (Å²) in [6, 6.07) is 5.49. The minimum atomic E-state index is -3.21. The number of hydrogen-bond donors (Lipinski definition) is 0. The second kappa shape index (κ2) is 9.60. The fourth-order valence-electron chi connectivity index (χ4n) is 3.40. The maximum absolute atomic E-state index is 14.2. The number of benzene rings is 1. The summed E-state index contributed by atoms with van der Waals surface area (Å²) in [5.74, 6) is -4.29. The van der Waals surface area contributed by atoms with Crippen LogP contribution in [-0.4, -0.2) is 45.2 Å². The lowest BCUT2D eigenvalue weighted by Crippen LogP contribution is -2.42. The zero-order valence-corrected chi connectivity index (χ0v) is 19.0. The molecule has 0 saturated carbocycles. The maximum Gasteiger partial charge on any atom is 0.272 e. The lowest BCUT2D eigenvalue weighted by atomic mass is 10.00. The van der Waals surface area contributed by atoms with Crippen molar-refractivity contribution in [1.82, 2.24) is 20.1 Å². The minimum absolute atomic E-state index is 0.0911. The van der Waals surface area contributed by atoms with E-state index < -0.39 is 29.2 Å². The van der Waals surface area contributed by atoms with E-state index in [9.17, 15) is 18.0 Å². The predicted octanol–water partition coefficient (Wildman–Crippen LogP) is 4.93. The van der Waals surface area contributed by atoms with Gasteiger partial charge < -0.3 is 14.1 Å². The molecule has 0 bridgehead atoms. The number of hydrogen-bond acceptors (Lipinski definition) is 6. The van der Waals surface area contributed by atoms with Crippen molar-refractivity contribution in [2.24, 2.45) is 0 Å². The van der Waals surface area contributed by atoms with Crippen molar-refractivity contribution in [2.75, 3.05) is 13.2 Å². The van der Waals surface area contributed by atoms with Crippen molar-refractivity contribution in [3.05, 3.63) is 58.9 Å². The first-order chi connectivity index (χ1) is 15.5. The first-order valence-corrected chi connectivity index (χ1v) is 10.4. The molecule has 0 N–H and O–H groups in total. The Morgan fingerprint density at radius 2 is 2.00 bits per heavy atom. The van der Waals surface area contributed by atoms with Crippen LogP contribution in [0.5, 0.6) is 5.88 Å². The Kier molecular flexibility index (Phi) is 7.04. The van der Waals surface area contributed by atoms with Crippen molar-refractivity contribution in [2.45, 2.75) is 46.6 Å². The summed E-state index contributed by atoms with van der Waals surface area (Å²) in [5, 5.41) is 7.89. The van der Waals surface area contributed by atoms with Gasteiger partial charge in [-0.15, -0.1) is 10.2 Å². The third-order valence-corrected chi connectivity index (χ3v) is 5.15. The van der Waals surface area contributed by atoms with Gasteiger partial charge in [-0.2, -0.15) is 0 Å². The van der Waals surface area contributed by atoms with Gasteiger partial charge in [-0.05, 0) is 38.5 Å². The number of nitrogens with zero attached hydrogens (tertiary/aromatic N) is 4. The van der Waals surface area contributed by atoms with Crippen LogP contribution in [0.3, 0.4) is 0 Å². The van der Waals surface area contributed by atoms with Crippen LogP contribution in [0.2, 0.25) is 0 Å². The largest absolute Gasteiger partial charge is 0.473 e. The molecule has 3 rings (SSSR count). The van der Waals surface area contributed by atoms with E-state index in [1.54, 1.807) is 37.8 Å². The van der Waals surface area contributed by atoms with Crippen molar-refractivity contribution in [3.8, 4) is 17.3 Å². The molecule has 3 aromatic rings. The normalized spacial score (nSPS) is 12.5. The van der Waals surface area contributed by atoms with Gasteiger partial charge in [-0.3, -0.25) is 4.79 Å². The molecular formula is C23H25F3N4O3. The average molecular weight is 462 g/mol.